The molecule has 0 atom stereocenters. The number of nitrogens with zero attached hydrogens (tertiary/aromatic N) is 4. The van der Waals surface area contributed by atoms with E-state index >= 15 is 0 Å². The lowest BCUT2D eigenvalue weighted by atomic mass is 10.1. The number of carbonyl (C=O) groups excluding carboxylic acids is 3. The number of rotatable bonds is 10. The molecule has 0 saturated carbocycles. The van der Waals surface area contributed by atoms with Gasteiger partial charge in [0, 0.05) is 10.0 Å². The van der Waals surface area contributed by atoms with Crippen LogP contribution in [-0.4, -0.2) is 53.7 Å². The van der Waals surface area contributed by atoms with E-state index in [0.717, 1.165) is 5.01 Å². The molecule has 1 aromatic heterocycles. The monoisotopic (exact) mass is 744 g/mol. The van der Waals surface area contributed by atoms with E-state index in [1.54, 1.807) is 19.9 Å². The summed E-state index contributed by atoms with van der Waals surface area (Å²) in [6, 6.07) is 5.71. The SMILES string of the molecule is CCOC(=O)C1=NN(c2c(Cl)cc(Cl)cc2Cl)C(=O)C1=CC=CC=Cc1c(C(=O)OCC)nn(-c2c(Cl)cc(Cl)cc2Cl)c1OC. The maximum atomic E-state index is 13.4. The van der Waals surface area contributed by atoms with Gasteiger partial charge < -0.3 is 14.2 Å². The van der Waals surface area contributed by atoms with Crippen LogP contribution in [-0.2, 0) is 19.1 Å². The number of carbonyl (C=O) groups is 3. The van der Waals surface area contributed by atoms with E-state index < -0.39 is 17.8 Å². The minimum absolute atomic E-state index is 0.0447. The van der Waals surface area contributed by atoms with Gasteiger partial charge in [-0.2, -0.15) is 19.9 Å². The summed E-state index contributed by atoms with van der Waals surface area (Å²) < 4.78 is 17.1. The van der Waals surface area contributed by atoms with Gasteiger partial charge in [0.15, 0.2) is 11.4 Å². The van der Waals surface area contributed by atoms with Crippen molar-refractivity contribution in [2.75, 3.05) is 25.3 Å². The Bertz CT molecular complexity index is 1800. The lowest BCUT2D eigenvalue weighted by Crippen LogP contribution is -2.23. The van der Waals surface area contributed by atoms with Crippen molar-refractivity contribution >= 4 is 105 Å². The van der Waals surface area contributed by atoms with Crippen LogP contribution in [0.25, 0.3) is 11.8 Å². The second-order valence-electron chi connectivity index (χ2n) is 8.95. The van der Waals surface area contributed by atoms with Crippen molar-refractivity contribution in [2.45, 2.75) is 13.8 Å². The molecule has 4 rings (SSSR count). The largest absolute Gasteiger partial charge is 0.480 e. The Balaban J connectivity index is 1.73. The van der Waals surface area contributed by atoms with Gasteiger partial charge in [0.05, 0.1) is 51.6 Å². The lowest BCUT2D eigenvalue weighted by molar-refractivity contribution is -0.135. The number of anilines is 1. The maximum Gasteiger partial charge on any atom is 0.359 e. The van der Waals surface area contributed by atoms with Gasteiger partial charge in [-0.3, -0.25) is 4.79 Å². The molecule has 3 aromatic rings. The summed E-state index contributed by atoms with van der Waals surface area (Å²) in [6.07, 6.45) is 7.43. The highest BCUT2D eigenvalue weighted by Gasteiger charge is 2.37. The van der Waals surface area contributed by atoms with Gasteiger partial charge in [-0.1, -0.05) is 87.8 Å². The van der Waals surface area contributed by atoms with E-state index in [2.05, 4.69) is 10.2 Å². The average molecular weight is 747 g/mol. The van der Waals surface area contributed by atoms with Crippen molar-refractivity contribution in [3.63, 3.8) is 0 Å². The van der Waals surface area contributed by atoms with Gasteiger partial charge in [0.25, 0.3) is 5.91 Å². The van der Waals surface area contributed by atoms with Gasteiger partial charge in [-0.25, -0.2) is 9.59 Å². The molecule has 0 saturated heterocycles. The lowest BCUT2D eigenvalue weighted by Gasteiger charge is -2.15. The van der Waals surface area contributed by atoms with Crippen LogP contribution in [0.15, 0.2) is 59.2 Å². The zero-order valence-corrected chi connectivity index (χ0v) is 28.7. The fourth-order valence-electron chi connectivity index (χ4n) is 4.17. The number of methoxy groups -OCH3 is 1. The van der Waals surface area contributed by atoms with Gasteiger partial charge >= 0.3 is 11.9 Å². The fourth-order valence-corrected chi connectivity index (χ4v) is 6.13. The fraction of sp³-hybridized carbons (Fsp3) is 0.167. The second kappa shape index (κ2) is 15.4. The molecule has 0 fully saturated rings. The van der Waals surface area contributed by atoms with Crippen molar-refractivity contribution in [3.8, 4) is 11.6 Å². The van der Waals surface area contributed by atoms with E-state index in [0.29, 0.717) is 5.02 Å². The summed E-state index contributed by atoms with van der Waals surface area (Å²) in [7, 11) is 1.38. The van der Waals surface area contributed by atoms with Crippen LogP contribution in [0.2, 0.25) is 30.1 Å². The Kier molecular flexibility index (Phi) is 11.8. The summed E-state index contributed by atoms with van der Waals surface area (Å²) in [4.78, 5) is 38.9. The Morgan fingerprint density at radius 3 is 1.89 bits per heavy atom. The third-order valence-electron chi connectivity index (χ3n) is 6.02. The van der Waals surface area contributed by atoms with Crippen LogP contribution in [0.1, 0.15) is 29.9 Å². The van der Waals surface area contributed by atoms with Crippen LogP contribution in [0, 0.1) is 0 Å². The van der Waals surface area contributed by atoms with Crippen LogP contribution in [0.4, 0.5) is 5.69 Å². The number of esters is 2. The number of hydrogen-bond donors (Lipinski definition) is 0. The summed E-state index contributed by atoms with van der Waals surface area (Å²) in [6.45, 7) is 3.41. The number of amides is 1. The van der Waals surface area contributed by atoms with E-state index in [9.17, 15) is 14.4 Å². The molecule has 10 nitrogen and oxygen atoms in total. The third-order valence-corrected chi connectivity index (χ3v) is 7.61. The van der Waals surface area contributed by atoms with Crippen molar-refractivity contribution in [1.29, 1.82) is 0 Å². The zero-order chi connectivity index (χ0) is 33.7. The third kappa shape index (κ3) is 7.38. The molecule has 0 bridgehead atoms. The molecule has 0 spiro atoms. The van der Waals surface area contributed by atoms with Crippen LogP contribution in [0.3, 0.4) is 0 Å². The molecule has 0 radical (unpaired) electrons. The van der Waals surface area contributed by atoms with E-state index in [-0.39, 0.29) is 78.1 Å². The Morgan fingerprint density at radius 2 is 1.35 bits per heavy atom. The number of benzene rings is 2. The smallest absolute Gasteiger partial charge is 0.359 e. The summed E-state index contributed by atoms with van der Waals surface area (Å²) in [5.41, 5.74) is 0.0825. The van der Waals surface area contributed by atoms with Gasteiger partial charge in [-0.05, 0) is 50.3 Å². The molecule has 240 valence electrons. The molecule has 46 heavy (non-hydrogen) atoms. The number of hydrogen-bond acceptors (Lipinski definition) is 8. The molecule has 0 aliphatic carbocycles. The van der Waals surface area contributed by atoms with Crippen molar-refractivity contribution in [3.05, 3.63) is 95.5 Å². The van der Waals surface area contributed by atoms with E-state index in [1.165, 1.54) is 60.4 Å². The Hall–Kier alpha value is -3.51. The normalized spacial score (nSPS) is 14.1. The van der Waals surface area contributed by atoms with Gasteiger partial charge in [0.2, 0.25) is 5.88 Å². The molecule has 1 amide bonds. The minimum Gasteiger partial charge on any atom is -0.480 e. The number of allylic oxidation sites excluding steroid dienone is 4. The highest BCUT2D eigenvalue weighted by Crippen LogP contribution is 2.40. The quantitative estimate of drug-likeness (QED) is 0.116. The molecule has 1 aliphatic rings. The second-order valence-corrected chi connectivity index (χ2v) is 11.5. The summed E-state index contributed by atoms with van der Waals surface area (Å²) in [5, 5.41) is 10.4. The molecular weight excluding hydrogens is 725 g/mol. The molecular formula is C30H22Cl6N4O6. The Morgan fingerprint density at radius 1 is 0.804 bits per heavy atom. The van der Waals surface area contributed by atoms with Crippen molar-refractivity contribution < 1.29 is 28.6 Å². The predicted molar refractivity (Wildman–Crippen MR) is 180 cm³/mol. The predicted octanol–water partition coefficient (Wildman–Crippen LogP) is 8.44. The Labute approximate surface area is 293 Å². The van der Waals surface area contributed by atoms with Gasteiger partial charge in [-0.15, -0.1) is 0 Å². The number of ether oxygens (including phenoxy) is 3. The first-order valence-corrected chi connectivity index (χ1v) is 15.5. The maximum absolute atomic E-state index is 13.4. The molecule has 2 heterocycles. The first kappa shape index (κ1) is 35.3. The summed E-state index contributed by atoms with van der Waals surface area (Å²) >= 11 is 37.5. The molecule has 0 unspecified atom stereocenters. The van der Waals surface area contributed by atoms with Crippen LogP contribution >= 0.6 is 69.6 Å². The standard InChI is InChI=1S/C30H22Cl6N4O6/c1-4-45-29(42)23-17(27(41)39(37-23)25-19(33)11-15(31)12-20(25)34)9-7-6-8-10-18-24(30(43)46-5-2)38-40(28(18)44-3)26-21(35)13-16(32)14-22(26)36/h6-14H,4-5H2,1-3H3. The van der Waals surface area contributed by atoms with E-state index in [1.807, 2.05) is 0 Å². The van der Waals surface area contributed by atoms with E-state index in [4.69, 9.17) is 83.8 Å². The molecule has 2 aromatic carbocycles. The number of aromatic nitrogens is 2. The molecule has 0 N–H and O–H groups in total. The molecule has 1 aliphatic heterocycles. The zero-order valence-electron chi connectivity index (χ0n) is 24.1. The van der Waals surface area contributed by atoms with Crippen molar-refractivity contribution in [2.24, 2.45) is 5.10 Å². The highest BCUT2D eigenvalue weighted by molar-refractivity contribution is 6.54. The average Bonchev–Trinajstić information content (AvgIpc) is 3.49. The van der Waals surface area contributed by atoms with Crippen LogP contribution in [0.5, 0.6) is 5.88 Å². The first-order valence-electron chi connectivity index (χ1n) is 13.2. The molecule has 16 heteroatoms. The summed E-state index contributed by atoms with van der Waals surface area (Å²) in [5.74, 6) is -2.12. The topological polar surface area (TPSA) is 112 Å². The highest BCUT2D eigenvalue weighted by atomic mass is 35.5. The van der Waals surface area contributed by atoms with Crippen LogP contribution < -0.4 is 9.75 Å². The number of hydrazone groups is 1. The van der Waals surface area contributed by atoms with Crippen molar-refractivity contribution in [1.82, 2.24) is 9.78 Å². The van der Waals surface area contributed by atoms with Gasteiger partial charge in [0.1, 0.15) is 11.4 Å². The minimum atomic E-state index is -0.828. The first-order chi connectivity index (χ1) is 21.9. The number of halogens is 6.